The van der Waals surface area contributed by atoms with Crippen molar-refractivity contribution in [1.82, 2.24) is 5.32 Å². The molecule has 154 valence electrons. The van der Waals surface area contributed by atoms with Crippen molar-refractivity contribution in [2.75, 3.05) is 13.6 Å². The number of hydrogen-bond donors (Lipinski definition) is 2. The van der Waals surface area contributed by atoms with Crippen molar-refractivity contribution >= 4 is 5.97 Å². The Bertz CT molecular complexity index is 352. The van der Waals surface area contributed by atoms with E-state index in [0.717, 1.165) is 31.2 Å². The predicted octanol–water partition coefficient (Wildman–Crippen LogP) is 6.44. The Balaban J connectivity index is 4.41. The molecule has 3 nitrogen and oxygen atoms in total. The van der Waals surface area contributed by atoms with E-state index in [9.17, 15) is 4.79 Å². The van der Waals surface area contributed by atoms with Crippen LogP contribution in [0.25, 0.3) is 0 Å². The van der Waals surface area contributed by atoms with Crippen molar-refractivity contribution in [3.05, 3.63) is 12.2 Å². The standard InChI is InChI=1S/C23H45NO2/c1-5-6-7-8-9-10-11-13-21(17-16-20(2)3)18-22(19-24-4)14-12-15-23(25)26/h10-11,20-22,24H,5-9,12-19H2,1-4H3,(H,25,26)/b11-10-/t21-,22+/m1/s1. The number of rotatable bonds is 18. The molecule has 0 aliphatic rings. The molecular weight excluding hydrogens is 322 g/mol. The lowest BCUT2D eigenvalue weighted by Crippen LogP contribution is -2.22. The van der Waals surface area contributed by atoms with Gasteiger partial charge in [0, 0.05) is 6.42 Å². The second-order valence-corrected chi connectivity index (χ2v) is 8.34. The molecule has 26 heavy (non-hydrogen) atoms. The highest BCUT2D eigenvalue weighted by molar-refractivity contribution is 5.66. The molecule has 0 rings (SSSR count). The molecule has 0 fully saturated rings. The lowest BCUT2D eigenvalue weighted by molar-refractivity contribution is -0.137. The molecule has 0 aromatic carbocycles. The Labute approximate surface area is 163 Å². The molecule has 2 N–H and O–H groups in total. The molecule has 2 atom stereocenters. The van der Waals surface area contributed by atoms with Crippen LogP contribution in [-0.4, -0.2) is 24.7 Å². The third kappa shape index (κ3) is 16.6. The highest BCUT2D eigenvalue weighted by atomic mass is 16.4. The molecule has 0 aliphatic heterocycles. The molecule has 0 unspecified atom stereocenters. The monoisotopic (exact) mass is 367 g/mol. The number of hydrogen-bond acceptors (Lipinski definition) is 2. The zero-order chi connectivity index (χ0) is 19.6. The molecule has 0 bridgehead atoms. The van der Waals surface area contributed by atoms with Crippen LogP contribution in [0.4, 0.5) is 0 Å². The van der Waals surface area contributed by atoms with Crippen molar-refractivity contribution in [2.45, 2.75) is 97.8 Å². The van der Waals surface area contributed by atoms with Gasteiger partial charge in [0.15, 0.2) is 0 Å². The molecule has 0 saturated carbocycles. The fourth-order valence-corrected chi connectivity index (χ4v) is 3.60. The topological polar surface area (TPSA) is 49.3 Å². The van der Waals surface area contributed by atoms with Crippen molar-refractivity contribution in [1.29, 1.82) is 0 Å². The van der Waals surface area contributed by atoms with Crippen LogP contribution >= 0.6 is 0 Å². The van der Waals surface area contributed by atoms with Crippen LogP contribution in [0.2, 0.25) is 0 Å². The second kappa shape index (κ2) is 17.6. The average molecular weight is 368 g/mol. The van der Waals surface area contributed by atoms with Gasteiger partial charge < -0.3 is 10.4 Å². The van der Waals surface area contributed by atoms with Crippen molar-refractivity contribution in [2.24, 2.45) is 17.8 Å². The van der Waals surface area contributed by atoms with E-state index in [-0.39, 0.29) is 0 Å². The molecule has 0 saturated heterocycles. The molecule has 3 heteroatoms. The minimum Gasteiger partial charge on any atom is -0.481 e. The number of allylic oxidation sites excluding steroid dienone is 2. The maximum absolute atomic E-state index is 10.8. The molecule has 0 aliphatic carbocycles. The molecule has 0 aromatic heterocycles. The Hall–Kier alpha value is -0.830. The lowest BCUT2D eigenvalue weighted by atomic mass is 9.84. The van der Waals surface area contributed by atoms with Gasteiger partial charge in [-0.3, -0.25) is 4.79 Å². The largest absolute Gasteiger partial charge is 0.481 e. The summed E-state index contributed by atoms with van der Waals surface area (Å²) < 4.78 is 0. The first-order chi connectivity index (χ1) is 12.5. The van der Waals surface area contributed by atoms with Gasteiger partial charge in [0.2, 0.25) is 0 Å². The SMILES string of the molecule is CCCCCC/C=C\C[C@H](CCC(C)C)C[C@H](CCCC(=O)O)CNC. The van der Waals surface area contributed by atoms with E-state index in [0.29, 0.717) is 12.3 Å². The molecule has 0 spiro atoms. The van der Waals surface area contributed by atoms with Gasteiger partial charge in [0.1, 0.15) is 0 Å². The summed E-state index contributed by atoms with van der Waals surface area (Å²) in [6.07, 6.45) is 18.4. The van der Waals surface area contributed by atoms with Gasteiger partial charge in [-0.2, -0.15) is 0 Å². The van der Waals surface area contributed by atoms with Crippen molar-refractivity contribution < 1.29 is 9.90 Å². The first kappa shape index (κ1) is 25.2. The van der Waals surface area contributed by atoms with Gasteiger partial charge in [0.05, 0.1) is 0 Å². The van der Waals surface area contributed by atoms with Gasteiger partial charge in [-0.1, -0.05) is 58.6 Å². The number of unbranched alkanes of at least 4 members (excludes halogenated alkanes) is 4. The zero-order valence-electron chi connectivity index (χ0n) is 17.9. The van der Waals surface area contributed by atoms with Crippen LogP contribution in [0, 0.1) is 17.8 Å². The van der Waals surface area contributed by atoms with E-state index in [1.165, 1.54) is 57.8 Å². The van der Waals surface area contributed by atoms with Gasteiger partial charge in [-0.15, -0.1) is 0 Å². The normalized spacial score (nSPS) is 14.2. The third-order valence-corrected chi connectivity index (χ3v) is 5.18. The minimum atomic E-state index is -0.671. The molecule has 0 aromatic rings. The van der Waals surface area contributed by atoms with Crippen LogP contribution in [-0.2, 0) is 4.79 Å². The van der Waals surface area contributed by atoms with E-state index in [2.05, 4.69) is 38.2 Å². The van der Waals surface area contributed by atoms with Crippen LogP contribution in [0.15, 0.2) is 12.2 Å². The Kier molecular flexibility index (Phi) is 17.0. The first-order valence-electron chi connectivity index (χ1n) is 11.0. The van der Waals surface area contributed by atoms with Gasteiger partial charge in [-0.05, 0) is 76.3 Å². The average Bonchev–Trinajstić information content (AvgIpc) is 2.58. The minimum absolute atomic E-state index is 0.300. The summed E-state index contributed by atoms with van der Waals surface area (Å²) in [5.41, 5.74) is 0. The number of nitrogens with one attached hydrogen (secondary N) is 1. The van der Waals surface area contributed by atoms with Crippen molar-refractivity contribution in [3.8, 4) is 0 Å². The predicted molar refractivity (Wildman–Crippen MR) is 114 cm³/mol. The Morgan fingerprint density at radius 3 is 2.38 bits per heavy atom. The molecular formula is C23H45NO2. The highest BCUT2D eigenvalue weighted by Gasteiger charge is 2.16. The summed E-state index contributed by atoms with van der Waals surface area (Å²) >= 11 is 0. The lowest BCUT2D eigenvalue weighted by Gasteiger charge is -2.23. The van der Waals surface area contributed by atoms with E-state index >= 15 is 0 Å². The highest BCUT2D eigenvalue weighted by Crippen LogP contribution is 2.26. The summed E-state index contributed by atoms with van der Waals surface area (Å²) in [5, 5.41) is 12.2. The molecule has 0 amide bonds. The van der Waals surface area contributed by atoms with Crippen LogP contribution in [0.3, 0.4) is 0 Å². The smallest absolute Gasteiger partial charge is 0.303 e. The van der Waals surface area contributed by atoms with Gasteiger partial charge >= 0.3 is 5.97 Å². The molecule has 0 heterocycles. The molecule has 0 radical (unpaired) electrons. The number of aliphatic carboxylic acids is 1. The number of carbonyl (C=O) groups is 1. The van der Waals surface area contributed by atoms with Crippen LogP contribution < -0.4 is 5.32 Å². The summed E-state index contributed by atoms with van der Waals surface area (Å²) in [6.45, 7) is 7.86. The van der Waals surface area contributed by atoms with Crippen LogP contribution in [0.1, 0.15) is 97.8 Å². The fourth-order valence-electron chi connectivity index (χ4n) is 3.60. The summed E-state index contributed by atoms with van der Waals surface area (Å²) in [6, 6.07) is 0. The maximum atomic E-state index is 10.8. The third-order valence-electron chi connectivity index (χ3n) is 5.18. The van der Waals surface area contributed by atoms with E-state index in [1.54, 1.807) is 0 Å². The summed E-state index contributed by atoms with van der Waals surface area (Å²) in [4.78, 5) is 10.8. The number of carboxylic acids is 1. The van der Waals surface area contributed by atoms with E-state index in [4.69, 9.17) is 5.11 Å². The maximum Gasteiger partial charge on any atom is 0.303 e. The quantitative estimate of drug-likeness (QED) is 0.216. The summed E-state index contributed by atoms with van der Waals surface area (Å²) in [7, 11) is 2.00. The zero-order valence-corrected chi connectivity index (χ0v) is 17.9. The fraction of sp³-hybridized carbons (Fsp3) is 0.870. The summed E-state index contributed by atoms with van der Waals surface area (Å²) in [5.74, 6) is 1.41. The van der Waals surface area contributed by atoms with Crippen molar-refractivity contribution in [3.63, 3.8) is 0 Å². The Morgan fingerprint density at radius 1 is 1.00 bits per heavy atom. The second-order valence-electron chi connectivity index (χ2n) is 8.34. The van der Waals surface area contributed by atoms with Gasteiger partial charge in [-0.25, -0.2) is 0 Å². The van der Waals surface area contributed by atoms with Crippen LogP contribution in [0.5, 0.6) is 0 Å². The van der Waals surface area contributed by atoms with Gasteiger partial charge in [0.25, 0.3) is 0 Å². The first-order valence-corrected chi connectivity index (χ1v) is 11.0. The number of carboxylic acid groups (broad SMARTS) is 1. The Morgan fingerprint density at radius 2 is 1.77 bits per heavy atom. The van der Waals surface area contributed by atoms with E-state index in [1.807, 2.05) is 7.05 Å². The van der Waals surface area contributed by atoms with E-state index < -0.39 is 5.97 Å².